The van der Waals surface area contributed by atoms with Gasteiger partial charge in [0, 0.05) is 75.5 Å². The molecule has 642 valence electrons. The number of thiol groups is 3. The number of carbonyl (C=O) groups is 1. The van der Waals surface area contributed by atoms with E-state index in [0.717, 1.165) is 13.7 Å². The fourth-order valence-electron chi connectivity index (χ4n) is 13.0. The van der Waals surface area contributed by atoms with Crippen LogP contribution in [0.15, 0.2) is 81.3 Å². The number of amides is 1. The molecular weight excluding hydrogens is 1780 g/mol. The molecule has 6 aromatic heterocycles. The number of nitrogens with two attached hydrogens (primary N) is 4. The Morgan fingerprint density at radius 1 is 0.603 bits per heavy atom. The summed E-state index contributed by atoms with van der Waals surface area (Å²) < 4.78 is 139. The third-order valence-corrected chi connectivity index (χ3v) is 27.1. The third kappa shape index (κ3) is 24.4. The molecule has 0 radical (unpaired) electrons. The van der Waals surface area contributed by atoms with E-state index in [0.29, 0.717) is 19.6 Å². The van der Waals surface area contributed by atoms with Crippen molar-refractivity contribution in [2.24, 2.45) is 17.6 Å². The highest BCUT2D eigenvalue weighted by molar-refractivity contribution is 9.10. The number of nitrogens with zero attached hydrogens (tertiary/aromatic N) is 9. The molecule has 55 heteroatoms. The van der Waals surface area contributed by atoms with Crippen molar-refractivity contribution in [3.63, 3.8) is 0 Å². The lowest BCUT2D eigenvalue weighted by Gasteiger charge is -2.30. The molecule has 0 bridgehead atoms. The second-order valence-electron chi connectivity index (χ2n) is 27.1. The Kier molecular flexibility index (Phi) is 32.1. The molecule has 19 atom stereocenters. The second-order valence-corrected chi connectivity index (χ2v) is 41.9. The van der Waals surface area contributed by atoms with Gasteiger partial charge in [-0.15, -0.1) is 0 Å². The minimum Gasteiger partial charge on any atom is -0.394 e. The molecule has 0 aromatic carbocycles. The Hall–Kier alpha value is -5.13. The van der Waals surface area contributed by atoms with E-state index >= 15 is 0 Å². The third-order valence-electron chi connectivity index (χ3n) is 18.6. The van der Waals surface area contributed by atoms with E-state index in [1.54, 1.807) is 0 Å². The molecule has 45 nitrogen and oxygen atoms in total. The number of imidazole rings is 1. The quantitative estimate of drug-likeness (QED) is 0.0148. The van der Waals surface area contributed by atoms with Crippen molar-refractivity contribution in [3.05, 3.63) is 126 Å². The highest BCUT2D eigenvalue weighted by atomic mass is 79.9. The first-order chi connectivity index (χ1) is 55.1. The molecule has 1 amide bonds. The molecule has 11 heterocycles. The van der Waals surface area contributed by atoms with E-state index in [2.05, 4.69) is 80.6 Å². The summed E-state index contributed by atoms with van der Waals surface area (Å²) in [6.45, 7) is -9.40. The maximum Gasteiger partial charge on any atom is 0.386 e. The fraction of sp³-hybridized carbons (Fsp3) is 0.639. The van der Waals surface area contributed by atoms with Gasteiger partial charge in [-0.05, 0) is 76.9 Å². The van der Waals surface area contributed by atoms with Crippen LogP contribution in [0.4, 0.5) is 17.6 Å². The van der Waals surface area contributed by atoms with Crippen molar-refractivity contribution in [3.8, 4) is 0 Å². The summed E-state index contributed by atoms with van der Waals surface area (Å²) in [6, 6.07) is 2.78. The van der Waals surface area contributed by atoms with Crippen LogP contribution in [0.2, 0.25) is 0 Å². The summed E-state index contributed by atoms with van der Waals surface area (Å²) in [5.74, 6) is -0.823. The minimum atomic E-state index is -4.71. The number of H-pyrrole nitrogens is 3. The van der Waals surface area contributed by atoms with Crippen molar-refractivity contribution in [1.29, 1.82) is 0 Å². The predicted molar refractivity (Wildman–Crippen MR) is 431 cm³/mol. The van der Waals surface area contributed by atoms with Crippen molar-refractivity contribution in [2.45, 2.75) is 145 Å². The smallest absolute Gasteiger partial charge is 0.386 e. The molecule has 0 spiro atoms. The van der Waals surface area contributed by atoms with E-state index in [1.165, 1.54) is 59.3 Å². The Bertz CT molecular complexity index is 5090. The summed E-state index contributed by atoms with van der Waals surface area (Å²) in [4.78, 5) is 126. The highest BCUT2D eigenvalue weighted by Crippen LogP contribution is 2.61. The van der Waals surface area contributed by atoms with Crippen LogP contribution in [0, 0.1) is 18.8 Å². The summed E-state index contributed by atoms with van der Waals surface area (Å²) in [5, 5.41) is 13.0. The average molecular weight is 1870 g/mol. The van der Waals surface area contributed by atoms with E-state index in [9.17, 15) is 52.6 Å². The van der Waals surface area contributed by atoms with E-state index in [4.69, 9.17) is 137 Å². The Morgan fingerprint density at radius 3 is 1.68 bits per heavy atom. The van der Waals surface area contributed by atoms with Crippen LogP contribution in [0.25, 0.3) is 11.2 Å². The number of nitrogens with one attached hydrogen (secondary N) is 4. The largest absolute Gasteiger partial charge is 0.394 e. The number of ether oxygens (including phenoxy) is 8. The van der Waals surface area contributed by atoms with Gasteiger partial charge in [-0.25, -0.2) is 33.3 Å². The van der Waals surface area contributed by atoms with Gasteiger partial charge in [0.2, 0.25) is 17.5 Å². The van der Waals surface area contributed by atoms with E-state index in [-0.39, 0.29) is 141 Å². The summed E-state index contributed by atoms with van der Waals surface area (Å²) in [7, 11) is 0. The number of aromatic amines is 3. The summed E-state index contributed by atoms with van der Waals surface area (Å²) in [5.41, 5.74) is 13.8. The van der Waals surface area contributed by atoms with Gasteiger partial charge in [-0.3, -0.25) is 75.1 Å². The molecule has 116 heavy (non-hydrogen) atoms. The normalized spacial score (nSPS) is 27.0. The van der Waals surface area contributed by atoms with Crippen LogP contribution in [0.5, 0.6) is 0 Å². The maximum atomic E-state index is 14.8. The van der Waals surface area contributed by atoms with Gasteiger partial charge in [0.05, 0.1) is 108 Å². The topological polar surface area (TPSA) is 588 Å². The van der Waals surface area contributed by atoms with Gasteiger partial charge in [0.25, 0.3) is 16.7 Å². The minimum absolute atomic E-state index is 0.0145. The number of hydrogen-bond acceptors (Lipinski definition) is 38. The number of hydrogen-bond donors (Lipinski definition) is 12. The van der Waals surface area contributed by atoms with Crippen LogP contribution in [0.3, 0.4) is 0 Å². The molecule has 5 aliphatic heterocycles. The molecule has 6 aromatic rings. The molecule has 0 aliphatic carbocycles. The van der Waals surface area contributed by atoms with E-state index in [1.807, 2.05) is 13.8 Å². The van der Waals surface area contributed by atoms with E-state index < -0.39 is 178 Å². The summed E-state index contributed by atoms with van der Waals surface area (Å²) >= 11 is 28.6. The number of aliphatic hydroxyl groups excluding tert-OH is 1. The van der Waals surface area contributed by atoms with Crippen molar-refractivity contribution >= 4 is 137 Å². The van der Waals surface area contributed by atoms with Gasteiger partial charge in [0.15, 0.2) is 11.2 Å². The number of carbonyl (C=O) groups excluding carboxylic acids is 1. The van der Waals surface area contributed by atoms with Crippen LogP contribution in [0.1, 0.15) is 89.1 Å². The van der Waals surface area contributed by atoms with Gasteiger partial charge in [-0.1, -0.05) is 50.6 Å². The second kappa shape index (κ2) is 40.7. The number of fused-ring (bicyclic) bond motifs is 1. The van der Waals surface area contributed by atoms with Crippen molar-refractivity contribution < 1.29 is 97.6 Å². The maximum absolute atomic E-state index is 14.8. The lowest BCUT2D eigenvalue weighted by atomic mass is 9.89. The standard InChI is InChI=1S/C61H88BrN17O28P4S5/c1-31(2)33-18-47(75-9-4-44(64)69-58(75)85)100-40(33)26-97-110(114,94-17-16-93-15-14-92-13-8-67-46(81)6-11-91-12-7-63)106-37-21-49(77-23-32(3)54(82)73-60(77)87)102-43(37)29-98-111(115,116)107-38-22-51(79-30-68-52-53(79)71-57(66)72-56(52)84)103-42(38)28-96-109(90,113)105-36-20-48(76-10-5-45(65)70-59(76)86)101-41(36)27-95-108(89,112)104-35-19-50(99-39(35)25-80)78-24-34(62)55(83)74-61(78)88/h4-5,9-10,23-24,30-31,33,35-43,47-51,80H,6-8,11-22,25-29,63H2,1-3H3,(H,67,81)(H,89,112)(H,90,113)(H,115,116)(H2,64,69,85)(H2,65,70,86)(H,73,82,87)(H,74,83,88)(H3,66,71,72,84)/t33?,35?,36?,37?,38?,39-,40-,41-,42-,43-,47-,48-,49-,50-,51-,108?,109?,110?/m1/s1. The molecule has 5 aliphatic rings. The number of anilines is 3. The zero-order valence-electron chi connectivity index (χ0n) is 62.1. The predicted octanol–water partition coefficient (Wildman–Crippen LogP) is 1.85. The van der Waals surface area contributed by atoms with Crippen LogP contribution in [-0.4, -0.2) is 216 Å². The molecule has 5 fully saturated rings. The number of aliphatic hydroxyl groups is 1. The van der Waals surface area contributed by atoms with Gasteiger partial charge < -0.3 is 93.9 Å². The molecule has 11 rings (SSSR count). The zero-order valence-corrected chi connectivity index (χ0v) is 71.5. The SMILES string of the molecule is Cc1cn([C@H]2CC(OP(=S)(OCCOCCOCCNC(=O)CCOCCN)OC[C@H]3O[C@@H](n4ccc(N)nc4=O)CC3C(C)C)[C@@H](COP(=S)(S)OC3C[C@H](n4cnc5c(=O)[nH]c(N)nc54)O[C@@H]3COP(=O)(S)OC3C[C@H](n4ccc(N)nc4=O)O[C@@H]3COP(=O)(S)OC3C[C@H](n4cc(Br)c(=O)[nH]c4=O)O[C@@H]3CO)O2)c(=O)[nH]c1=O. The number of aryl methyl sites for hydroxylation is 1. The lowest BCUT2D eigenvalue weighted by Crippen LogP contribution is -2.33. The molecule has 9 unspecified atom stereocenters. The van der Waals surface area contributed by atoms with Gasteiger partial charge >= 0.3 is 43.1 Å². The molecule has 5 saturated heterocycles. The number of aromatic nitrogens is 12. The number of nitrogen functional groups attached to an aromatic ring is 3. The fourth-order valence-corrected chi connectivity index (χ4v) is 20.5. The average Bonchev–Trinajstić information content (AvgIpc) is 1.63. The molecule has 0 saturated carbocycles. The van der Waals surface area contributed by atoms with Crippen molar-refractivity contribution in [1.82, 2.24) is 63.0 Å². The first-order valence-corrected chi connectivity index (χ1v) is 48.5. The monoisotopic (exact) mass is 1870 g/mol. The zero-order chi connectivity index (χ0) is 83.6. The number of rotatable bonds is 42. The Labute approximate surface area is 692 Å². The highest BCUT2D eigenvalue weighted by Gasteiger charge is 2.49. The van der Waals surface area contributed by atoms with Crippen LogP contribution in [-0.2, 0) is 116 Å². The summed E-state index contributed by atoms with van der Waals surface area (Å²) in [6.07, 6.45) is -10.2. The lowest BCUT2D eigenvalue weighted by molar-refractivity contribution is -0.122. The Balaban J connectivity index is 0.801. The van der Waals surface area contributed by atoms with Crippen LogP contribution >= 0.6 is 78.7 Å². The molecule has 13 N–H and O–H groups in total. The molecular formula is C61H88BrN17O28P4S5. The first kappa shape index (κ1) is 91.6. The van der Waals surface area contributed by atoms with Gasteiger partial charge in [0.1, 0.15) is 79.4 Å². The van der Waals surface area contributed by atoms with Crippen molar-refractivity contribution in [2.75, 3.05) is 110 Å². The van der Waals surface area contributed by atoms with Gasteiger partial charge in [-0.2, -0.15) is 15.0 Å². The first-order valence-electron chi connectivity index (χ1n) is 35.9. The number of halogens is 1. The van der Waals surface area contributed by atoms with Crippen LogP contribution < -0.4 is 67.7 Å². The Morgan fingerprint density at radius 2 is 1.09 bits per heavy atom.